The fourth-order valence-electron chi connectivity index (χ4n) is 2.72. The van der Waals surface area contributed by atoms with Gasteiger partial charge in [0.2, 0.25) is 4.73 Å². The van der Waals surface area contributed by atoms with Gasteiger partial charge in [-0.1, -0.05) is 0 Å². The number of amides is 1. The lowest BCUT2D eigenvalue weighted by Gasteiger charge is -2.16. The van der Waals surface area contributed by atoms with E-state index in [0.29, 0.717) is 12.1 Å². The lowest BCUT2D eigenvalue weighted by Crippen LogP contribution is -2.29. The summed E-state index contributed by atoms with van der Waals surface area (Å²) in [5.74, 6) is -2.44. The Labute approximate surface area is 199 Å². The van der Waals surface area contributed by atoms with Crippen molar-refractivity contribution in [3.8, 4) is 17.4 Å². The Bertz CT molecular complexity index is 1190. The van der Waals surface area contributed by atoms with Gasteiger partial charge in [0, 0.05) is 5.56 Å². The molecule has 0 radical (unpaired) electrons. The summed E-state index contributed by atoms with van der Waals surface area (Å²) in [5, 5.41) is 6.33. The van der Waals surface area contributed by atoms with E-state index in [1.807, 2.05) is 0 Å². The second-order valence-electron chi connectivity index (χ2n) is 6.57. The molecular weight excluding hydrogens is 561 g/mol. The quantitative estimate of drug-likeness (QED) is 0.395. The zero-order valence-electron chi connectivity index (χ0n) is 17.1. The first-order chi connectivity index (χ1) is 16.3. The first-order valence-electron chi connectivity index (χ1n) is 9.21. The Kier molecular flexibility index (Phi) is 7.76. The molecule has 0 saturated carbocycles. The van der Waals surface area contributed by atoms with Crippen LogP contribution in [0.25, 0.3) is 5.95 Å². The topological polar surface area (TPSA) is 104 Å². The molecule has 0 fully saturated rings. The number of nitrogens with zero attached hydrogens (tertiary/aromatic N) is 5. The summed E-state index contributed by atoms with van der Waals surface area (Å²) in [6, 6.07) is 0.482. The van der Waals surface area contributed by atoms with Crippen molar-refractivity contribution in [3.63, 3.8) is 0 Å². The second kappa shape index (κ2) is 10.4. The van der Waals surface area contributed by atoms with E-state index in [9.17, 15) is 35.5 Å². The molecule has 1 unspecified atom stereocenters. The lowest BCUT2D eigenvalue weighted by atomic mass is 10.1. The summed E-state index contributed by atoms with van der Waals surface area (Å²) in [6.07, 6.45) is -3.07. The third kappa shape index (κ3) is 6.77. The van der Waals surface area contributed by atoms with E-state index in [1.54, 1.807) is 0 Å². The molecule has 1 N–H and O–H groups in total. The SMILES string of the molecule is CC(NC(=O)c1cc(OC(F)F)cc(C(F)(F)F)c1)c1nc(Br)nn1-c1ncc(OC(F)F)cn1. The molecule has 0 aliphatic rings. The third-order valence-electron chi connectivity index (χ3n) is 4.09. The average molecular weight is 573 g/mol. The fraction of sp³-hybridized carbons (Fsp3) is 0.278. The predicted octanol–water partition coefficient (Wildman–Crippen LogP) is 4.53. The van der Waals surface area contributed by atoms with E-state index in [4.69, 9.17) is 0 Å². The van der Waals surface area contributed by atoms with E-state index in [-0.39, 0.29) is 22.3 Å². The number of rotatable bonds is 8. The molecule has 2 heterocycles. The molecule has 0 aliphatic carbocycles. The van der Waals surface area contributed by atoms with E-state index in [0.717, 1.165) is 23.1 Å². The van der Waals surface area contributed by atoms with Crippen LogP contribution in [0.3, 0.4) is 0 Å². The van der Waals surface area contributed by atoms with Crippen molar-refractivity contribution in [3.05, 3.63) is 52.3 Å². The van der Waals surface area contributed by atoms with Gasteiger partial charge in [0.1, 0.15) is 5.75 Å². The van der Waals surface area contributed by atoms with E-state index < -0.39 is 48.2 Å². The first-order valence-corrected chi connectivity index (χ1v) is 10.0. The minimum Gasteiger partial charge on any atom is -0.435 e. The molecule has 35 heavy (non-hydrogen) atoms. The molecule has 0 bridgehead atoms. The van der Waals surface area contributed by atoms with Crippen molar-refractivity contribution >= 4 is 21.8 Å². The van der Waals surface area contributed by atoms with Crippen LogP contribution in [0.1, 0.15) is 34.7 Å². The molecule has 188 valence electrons. The highest BCUT2D eigenvalue weighted by atomic mass is 79.9. The Morgan fingerprint density at radius 3 is 2.20 bits per heavy atom. The number of aromatic nitrogens is 5. The van der Waals surface area contributed by atoms with Gasteiger partial charge >= 0.3 is 19.4 Å². The van der Waals surface area contributed by atoms with Crippen LogP contribution in [0, 0.1) is 0 Å². The maximum absolute atomic E-state index is 13.2. The summed E-state index contributed by atoms with van der Waals surface area (Å²) >= 11 is 3.02. The van der Waals surface area contributed by atoms with Crippen molar-refractivity contribution in [2.24, 2.45) is 0 Å². The largest absolute Gasteiger partial charge is 0.435 e. The van der Waals surface area contributed by atoms with Crippen molar-refractivity contribution in [1.82, 2.24) is 30.0 Å². The maximum atomic E-state index is 13.2. The van der Waals surface area contributed by atoms with E-state index in [2.05, 4.69) is 50.8 Å². The number of carbonyl (C=O) groups excluding carboxylic acids is 1. The van der Waals surface area contributed by atoms with Gasteiger partial charge < -0.3 is 14.8 Å². The van der Waals surface area contributed by atoms with Gasteiger partial charge in [-0.05, 0) is 41.1 Å². The third-order valence-corrected chi connectivity index (χ3v) is 4.43. The molecular formula is C18H12BrF7N6O3. The van der Waals surface area contributed by atoms with Crippen LogP contribution in [0.2, 0.25) is 0 Å². The van der Waals surface area contributed by atoms with Crippen LogP contribution in [0.15, 0.2) is 35.3 Å². The highest BCUT2D eigenvalue weighted by Crippen LogP contribution is 2.33. The molecule has 1 amide bonds. The number of halogens is 8. The molecule has 17 heteroatoms. The Morgan fingerprint density at radius 2 is 1.63 bits per heavy atom. The summed E-state index contributed by atoms with van der Waals surface area (Å²) in [5.41, 5.74) is -1.99. The Morgan fingerprint density at radius 1 is 1.03 bits per heavy atom. The standard InChI is InChI=1S/C18H12BrF7N6O3/c1-7(12-30-14(19)31-32(12)17-27-5-11(6-28-17)35-16(22)23)29-13(33)8-2-9(18(24,25)26)4-10(3-8)34-15(20)21/h2-7,15-16H,1H3,(H,29,33). The molecule has 0 saturated heterocycles. The minimum absolute atomic E-state index is 0.0104. The normalized spacial score (nSPS) is 12.7. The smallest absolute Gasteiger partial charge is 0.416 e. The predicted molar refractivity (Wildman–Crippen MR) is 105 cm³/mol. The summed E-state index contributed by atoms with van der Waals surface area (Å²) in [6.45, 7) is -5.12. The van der Waals surface area contributed by atoms with Gasteiger partial charge in [0.25, 0.3) is 11.9 Å². The van der Waals surface area contributed by atoms with E-state index >= 15 is 0 Å². The first kappa shape index (κ1) is 26.1. The number of benzene rings is 1. The zero-order chi connectivity index (χ0) is 25.9. The number of hydrogen-bond acceptors (Lipinski definition) is 7. The molecule has 9 nitrogen and oxygen atoms in total. The van der Waals surface area contributed by atoms with Gasteiger partial charge in [-0.3, -0.25) is 4.79 Å². The molecule has 0 spiro atoms. The van der Waals surface area contributed by atoms with Crippen molar-refractivity contribution in [1.29, 1.82) is 0 Å². The molecule has 1 atom stereocenters. The van der Waals surface area contributed by atoms with Crippen LogP contribution >= 0.6 is 15.9 Å². The van der Waals surface area contributed by atoms with Gasteiger partial charge in [0.15, 0.2) is 11.6 Å². The van der Waals surface area contributed by atoms with Gasteiger partial charge in [-0.25, -0.2) is 15.0 Å². The number of nitrogens with one attached hydrogen (secondary N) is 1. The van der Waals surface area contributed by atoms with Crippen molar-refractivity contribution in [2.45, 2.75) is 32.4 Å². The monoisotopic (exact) mass is 572 g/mol. The molecule has 0 aliphatic heterocycles. The van der Waals surface area contributed by atoms with Crippen molar-refractivity contribution in [2.75, 3.05) is 0 Å². The van der Waals surface area contributed by atoms with Crippen LogP contribution in [0.5, 0.6) is 11.5 Å². The number of alkyl halides is 7. The van der Waals surface area contributed by atoms with Crippen molar-refractivity contribution < 1.29 is 45.0 Å². The van der Waals surface area contributed by atoms with Crippen LogP contribution in [-0.4, -0.2) is 43.9 Å². The number of hydrogen-bond donors (Lipinski definition) is 1. The highest BCUT2D eigenvalue weighted by molar-refractivity contribution is 9.10. The molecule has 3 aromatic rings. The molecule has 3 rings (SSSR count). The average Bonchev–Trinajstić information content (AvgIpc) is 3.14. The van der Waals surface area contributed by atoms with Gasteiger partial charge in [0.05, 0.1) is 24.0 Å². The summed E-state index contributed by atoms with van der Waals surface area (Å²) in [7, 11) is 0. The fourth-order valence-corrected chi connectivity index (χ4v) is 3.06. The second-order valence-corrected chi connectivity index (χ2v) is 7.27. The Balaban J connectivity index is 1.87. The van der Waals surface area contributed by atoms with E-state index in [1.165, 1.54) is 6.92 Å². The number of ether oxygens (including phenoxy) is 2. The molecule has 1 aromatic carbocycles. The minimum atomic E-state index is -4.94. The lowest BCUT2D eigenvalue weighted by molar-refractivity contribution is -0.138. The van der Waals surface area contributed by atoms with Gasteiger partial charge in [-0.15, -0.1) is 5.10 Å². The summed E-state index contributed by atoms with van der Waals surface area (Å²) < 4.78 is 98.3. The zero-order valence-corrected chi connectivity index (χ0v) is 18.7. The van der Waals surface area contributed by atoms with Crippen LogP contribution in [0.4, 0.5) is 30.7 Å². The van der Waals surface area contributed by atoms with Crippen LogP contribution in [-0.2, 0) is 6.18 Å². The highest BCUT2D eigenvalue weighted by Gasteiger charge is 2.33. The number of carbonyl (C=O) groups is 1. The maximum Gasteiger partial charge on any atom is 0.416 e. The Hall–Kier alpha value is -3.50. The molecule has 2 aromatic heterocycles. The summed E-state index contributed by atoms with van der Waals surface area (Å²) in [4.78, 5) is 24.3. The van der Waals surface area contributed by atoms with Gasteiger partial charge in [-0.2, -0.15) is 35.4 Å². The van der Waals surface area contributed by atoms with Crippen LogP contribution < -0.4 is 14.8 Å².